The molecule has 1 aromatic heterocycles. The van der Waals surface area contributed by atoms with Crippen LogP contribution in [0.4, 0.5) is 0 Å². The molecule has 0 fully saturated rings. The zero-order valence-corrected chi connectivity index (χ0v) is 9.41. The Kier molecular flexibility index (Phi) is 3.09. The molecule has 2 rings (SSSR count). The molecule has 2 aromatic rings. The highest BCUT2D eigenvalue weighted by atomic mass is 16.2. The van der Waals surface area contributed by atoms with Crippen molar-refractivity contribution in [3.05, 3.63) is 36.0 Å². The summed E-state index contributed by atoms with van der Waals surface area (Å²) in [6.07, 6.45) is 0.326. The van der Waals surface area contributed by atoms with Crippen LogP contribution in [0.15, 0.2) is 30.3 Å². The first-order valence-corrected chi connectivity index (χ1v) is 5.37. The summed E-state index contributed by atoms with van der Waals surface area (Å²) in [5.41, 5.74) is 5.96. The normalized spacial score (nSPS) is 10.2. The molecule has 17 heavy (non-hydrogen) atoms. The lowest BCUT2D eigenvalue weighted by Crippen LogP contribution is -2.41. The third kappa shape index (κ3) is 2.44. The van der Waals surface area contributed by atoms with Crippen molar-refractivity contribution < 1.29 is 9.59 Å². The molecule has 0 radical (unpaired) electrons. The van der Waals surface area contributed by atoms with Gasteiger partial charge in [0.25, 0.3) is 5.91 Å². The topological polar surface area (TPSA) is 74.0 Å². The lowest BCUT2D eigenvalue weighted by Gasteiger charge is -2.03. The SMILES string of the molecule is CCC(=O)NNC(=O)c1cc2ccccc2[nH]1. The van der Waals surface area contributed by atoms with Gasteiger partial charge in [-0.1, -0.05) is 25.1 Å². The minimum absolute atomic E-state index is 0.227. The van der Waals surface area contributed by atoms with Crippen LogP contribution in [0.5, 0.6) is 0 Å². The van der Waals surface area contributed by atoms with Crippen molar-refractivity contribution in [2.45, 2.75) is 13.3 Å². The van der Waals surface area contributed by atoms with E-state index in [0.29, 0.717) is 12.1 Å². The van der Waals surface area contributed by atoms with Crippen molar-refractivity contribution >= 4 is 22.7 Å². The number of hydrazine groups is 1. The second-order valence-corrected chi connectivity index (χ2v) is 3.63. The van der Waals surface area contributed by atoms with Crippen molar-refractivity contribution in [1.29, 1.82) is 0 Å². The summed E-state index contributed by atoms with van der Waals surface area (Å²) in [7, 11) is 0. The molecule has 0 saturated heterocycles. The number of hydrogen-bond acceptors (Lipinski definition) is 2. The van der Waals surface area contributed by atoms with Gasteiger partial charge in [-0.3, -0.25) is 20.4 Å². The smallest absolute Gasteiger partial charge is 0.286 e. The maximum atomic E-state index is 11.7. The van der Waals surface area contributed by atoms with E-state index in [1.54, 1.807) is 13.0 Å². The van der Waals surface area contributed by atoms with E-state index in [2.05, 4.69) is 15.8 Å². The van der Waals surface area contributed by atoms with Crippen molar-refractivity contribution in [1.82, 2.24) is 15.8 Å². The van der Waals surface area contributed by atoms with E-state index >= 15 is 0 Å². The molecule has 0 unspecified atom stereocenters. The maximum absolute atomic E-state index is 11.7. The van der Waals surface area contributed by atoms with E-state index in [1.165, 1.54) is 0 Å². The number of para-hydroxylation sites is 1. The Morgan fingerprint density at radius 1 is 1.24 bits per heavy atom. The number of carbonyl (C=O) groups is 2. The fourth-order valence-corrected chi connectivity index (χ4v) is 1.48. The predicted molar refractivity (Wildman–Crippen MR) is 64.2 cm³/mol. The molecule has 2 amide bonds. The summed E-state index contributed by atoms with van der Waals surface area (Å²) < 4.78 is 0. The molecule has 3 N–H and O–H groups in total. The predicted octanol–water partition coefficient (Wildman–Crippen LogP) is 1.34. The number of nitrogens with one attached hydrogen (secondary N) is 3. The fourth-order valence-electron chi connectivity index (χ4n) is 1.48. The first-order chi connectivity index (χ1) is 8.20. The third-order valence-electron chi connectivity index (χ3n) is 2.41. The van der Waals surface area contributed by atoms with Gasteiger partial charge in [0.15, 0.2) is 0 Å². The number of aromatic nitrogens is 1. The van der Waals surface area contributed by atoms with Gasteiger partial charge >= 0.3 is 0 Å². The van der Waals surface area contributed by atoms with E-state index in [4.69, 9.17) is 0 Å². The molecular weight excluding hydrogens is 218 g/mol. The average molecular weight is 231 g/mol. The largest absolute Gasteiger partial charge is 0.350 e. The molecule has 0 aliphatic rings. The van der Waals surface area contributed by atoms with Crippen LogP contribution < -0.4 is 10.9 Å². The zero-order chi connectivity index (χ0) is 12.3. The minimum atomic E-state index is -0.358. The standard InChI is InChI=1S/C12H13N3O2/c1-2-11(16)14-15-12(17)10-7-8-5-3-4-6-9(8)13-10/h3-7,13H,2H2,1H3,(H,14,16)(H,15,17). The van der Waals surface area contributed by atoms with Crippen LogP contribution in [-0.2, 0) is 4.79 Å². The van der Waals surface area contributed by atoms with Gasteiger partial charge in [-0.05, 0) is 12.1 Å². The van der Waals surface area contributed by atoms with Gasteiger partial charge in [-0.15, -0.1) is 0 Å². The lowest BCUT2D eigenvalue weighted by atomic mass is 10.2. The molecule has 5 heteroatoms. The summed E-state index contributed by atoms with van der Waals surface area (Å²) >= 11 is 0. The second-order valence-electron chi connectivity index (χ2n) is 3.63. The summed E-state index contributed by atoms with van der Waals surface area (Å²) in [6, 6.07) is 9.32. The highest BCUT2D eigenvalue weighted by Gasteiger charge is 2.09. The Morgan fingerprint density at radius 3 is 2.71 bits per heavy atom. The van der Waals surface area contributed by atoms with E-state index < -0.39 is 0 Å². The molecule has 0 spiro atoms. The number of H-pyrrole nitrogens is 1. The molecule has 0 aliphatic heterocycles. The van der Waals surface area contributed by atoms with Gasteiger partial charge < -0.3 is 4.98 Å². The Bertz CT molecular complexity index is 527. The number of rotatable bonds is 2. The van der Waals surface area contributed by atoms with Gasteiger partial charge in [0.05, 0.1) is 0 Å². The number of aromatic amines is 1. The Balaban J connectivity index is 2.11. The number of hydrogen-bond donors (Lipinski definition) is 3. The van der Waals surface area contributed by atoms with Crippen LogP contribution in [0.1, 0.15) is 23.8 Å². The Morgan fingerprint density at radius 2 is 2.00 bits per heavy atom. The van der Waals surface area contributed by atoms with Crippen molar-refractivity contribution in [3.63, 3.8) is 0 Å². The van der Waals surface area contributed by atoms with Gasteiger partial charge in [-0.25, -0.2) is 0 Å². The highest BCUT2D eigenvalue weighted by Crippen LogP contribution is 2.14. The number of fused-ring (bicyclic) bond motifs is 1. The summed E-state index contributed by atoms with van der Waals surface area (Å²) in [6.45, 7) is 1.71. The molecule has 1 heterocycles. The second kappa shape index (κ2) is 4.69. The van der Waals surface area contributed by atoms with Crippen LogP contribution in [0.2, 0.25) is 0 Å². The minimum Gasteiger partial charge on any atom is -0.350 e. The quantitative estimate of drug-likeness (QED) is 0.682. The van der Waals surface area contributed by atoms with E-state index in [9.17, 15) is 9.59 Å². The maximum Gasteiger partial charge on any atom is 0.286 e. The van der Waals surface area contributed by atoms with Crippen LogP contribution in [0, 0.1) is 0 Å². The van der Waals surface area contributed by atoms with Crippen LogP contribution in [-0.4, -0.2) is 16.8 Å². The van der Waals surface area contributed by atoms with Crippen molar-refractivity contribution in [2.75, 3.05) is 0 Å². The van der Waals surface area contributed by atoms with Crippen LogP contribution in [0.3, 0.4) is 0 Å². The molecule has 0 aliphatic carbocycles. The van der Waals surface area contributed by atoms with Crippen molar-refractivity contribution in [2.24, 2.45) is 0 Å². The number of carbonyl (C=O) groups excluding carboxylic acids is 2. The summed E-state index contributed by atoms with van der Waals surface area (Å²) in [4.78, 5) is 25.6. The molecule has 0 atom stereocenters. The summed E-state index contributed by atoms with van der Waals surface area (Å²) in [5.74, 6) is -0.586. The molecule has 1 aromatic carbocycles. The number of benzene rings is 1. The van der Waals surface area contributed by atoms with E-state index in [-0.39, 0.29) is 11.8 Å². The summed E-state index contributed by atoms with van der Waals surface area (Å²) in [5, 5.41) is 0.958. The zero-order valence-electron chi connectivity index (χ0n) is 9.41. The monoisotopic (exact) mass is 231 g/mol. The number of amides is 2. The van der Waals surface area contributed by atoms with E-state index in [0.717, 1.165) is 10.9 Å². The molecule has 0 saturated carbocycles. The van der Waals surface area contributed by atoms with E-state index in [1.807, 2.05) is 24.3 Å². The molecule has 88 valence electrons. The van der Waals surface area contributed by atoms with Gasteiger partial charge in [-0.2, -0.15) is 0 Å². The lowest BCUT2D eigenvalue weighted by molar-refractivity contribution is -0.121. The van der Waals surface area contributed by atoms with Crippen LogP contribution >= 0.6 is 0 Å². The first-order valence-electron chi connectivity index (χ1n) is 5.37. The highest BCUT2D eigenvalue weighted by molar-refractivity contribution is 5.98. The molecule has 5 nitrogen and oxygen atoms in total. The third-order valence-corrected chi connectivity index (χ3v) is 2.41. The van der Waals surface area contributed by atoms with Crippen LogP contribution in [0.25, 0.3) is 10.9 Å². The Labute approximate surface area is 98.2 Å². The van der Waals surface area contributed by atoms with Gasteiger partial charge in [0, 0.05) is 17.3 Å². The fraction of sp³-hybridized carbons (Fsp3) is 0.167. The molecular formula is C12H13N3O2. The molecule has 0 bridgehead atoms. The van der Waals surface area contributed by atoms with Crippen molar-refractivity contribution in [3.8, 4) is 0 Å². The first kappa shape index (κ1) is 11.2. The van der Waals surface area contributed by atoms with Gasteiger partial charge in [0.2, 0.25) is 5.91 Å². The van der Waals surface area contributed by atoms with Gasteiger partial charge in [0.1, 0.15) is 5.69 Å². The average Bonchev–Trinajstić information content (AvgIpc) is 2.79. The Hall–Kier alpha value is -2.30.